The zero-order chi connectivity index (χ0) is 22.0. The van der Waals surface area contributed by atoms with E-state index < -0.39 is 36.2 Å². The second-order valence-electron chi connectivity index (χ2n) is 7.08. The number of amides is 1. The van der Waals surface area contributed by atoms with E-state index in [0.717, 1.165) is 5.56 Å². The number of benzene rings is 1. The van der Waals surface area contributed by atoms with E-state index in [1.807, 2.05) is 30.3 Å². The van der Waals surface area contributed by atoms with E-state index >= 15 is 0 Å². The van der Waals surface area contributed by atoms with Gasteiger partial charge < -0.3 is 30.7 Å². The average molecular weight is 430 g/mol. The summed E-state index contributed by atoms with van der Waals surface area (Å²) in [5, 5.41) is 23.3. The molecule has 31 heavy (non-hydrogen) atoms. The first kappa shape index (κ1) is 20.8. The van der Waals surface area contributed by atoms with Crippen molar-refractivity contribution in [3.8, 4) is 0 Å². The summed E-state index contributed by atoms with van der Waals surface area (Å²) in [5.74, 6) is -0.126. The minimum absolute atomic E-state index is 0.0111. The van der Waals surface area contributed by atoms with Crippen molar-refractivity contribution in [1.29, 1.82) is 0 Å². The van der Waals surface area contributed by atoms with Crippen LogP contribution in [0.1, 0.15) is 11.8 Å². The number of alkyl carbamates (subject to hydrolysis) is 1. The monoisotopic (exact) mass is 430 g/mol. The smallest absolute Gasteiger partial charge is 0.407 e. The molecule has 1 aromatic carbocycles. The Morgan fingerprint density at radius 2 is 2.06 bits per heavy atom. The summed E-state index contributed by atoms with van der Waals surface area (Å²) < 4.78 is 12.1. The molecule has 1 aliphatic rings. The number of aliphatic hydroxyl groups excluding tert-OH is 2. The first-order chi connectivity index (χ1) is 14.9. The second kappa shape index (κ2) is 8.71. The maximum absolute atomic E-state index is 11.9. The molecule has 12 heteroatoms. The molecule has 12 nitrogen and oxygen atoms in total. The van der Waals surface area contributed by atoms with E-state index in [1.54, 1.807) is 0 Å². The quantitative estimate of drug-likeness (QED) is 0.338. The standard InChI is InChI=1S/C19H22N6O6/c20-18-23-15-12(16(28)24-18)22-9-25(15)17-14(27)13(26)11(31-17)8-30-19(29)21-7-6-10-4-2-1-3-5-10/h1-5,9,11,13-14,17,26-27H,6-8H2,(H,21,29)(H3,20,23,24,28)/t11-,13-,14-,17-/m1/s1. The maximum Gasteiger partial charge on any atom is 0.407 e. The number of carbonyl (C=O) groups is 1. The molecule has 0 bridgehead atoms. The minimum Gasteiger partial charge on any atom is -0.447 e. The normalized spacial score (nSPS) is 23.2. The van der Waals surface area contributed by atoms with Crippen LogP contribution < -0.4 is 16.6 Å². The molecule has 1 amide bonds. The molecule has 0 aliphatic carbocycles. The van der Waals surface area contributed by atoms with Crippen molar-refractivity contribution < 1.29 is 24.5 Å². The lowest BCUT2D eigenvalue weighted by atomic mass is 10.1. The molecule has 0 radical (unpaired) electrons. The molecule has 3 aromatic rings. The van der Waals surface area contributed by atoms with Crippen molar-refractivity contribution >= 4 is 23.2 Å². The highest BCUT2D eigenvalue weighted by atomic mass is 16.6. The number of imidazole rings is 1. The van der Waals surface area contributed by atoms with Crippen LogP contribution in [0.2, 0.25) is 0 Å². The topological polar surface area (TPSA) is 178 Å². The number of hydrogen-bond donors (Lipinski definition) is 5. The van der Waals surface area contributed by atoms with Crippen LogP contribution in [0.25, 0.3) is 11.2 Å². The molecule has 1 fully saturated rings. The average Bonchev–Trinajstić information content (AvgIpc) is 3.29. The Hall–Kier alpha value is -3.48. The van der Waals surface area contributed by atoms with Gasteiger partial charge in [0.1, 0.15) is 24.9 Å². The number of nitrogens with two attached hydrogens (primary N) is 1. The number of fused-ring (bicyclic) bond motifs is 1. The number of anilines is 1. The van der Waals surface area contributed by atoms with E-state index in [2.05, 4.69) is 20.3 Å². The number of aromatic amines is 1. The van der Waals surface area contributed by atoms with Crippen molar-refractivity contribution in [2.75, 3.05) is 18.9 Å². The van der Waals surface area contributed by atoms with Crippen LogP contribution in [0.5, 0.6) is 0 Å². The number of carbonyl (C=O) groups excluding carboxylic acids is 1. The van der Waals surface area contributed by atoms with E-state index in [4.69, 9.17) is 15.2 Å². The van der Waals surface area contributed by atoms with Gasteiger partial charge in [0.2, 0.25) is 5.95 Å². The summed E-state index contributed by atoms with van der Waals surface area (Å²) in [6.07, 6.45) is -3.55. The van der Waals surface area contributed by atoms with Gasteiger partial charge in [-0.1, -0.05) is 30.3 Å². The third-order valence-electron chi connectivity index (χ3n) is 4.97. The first-order valence-corrected chi connectivity index (χ1v) is 9.62. The zero-order valence-electron chi connectivity index (χ0n) is 16.3. The lowest BCUT2D eigenvalue weighted by molar-refractivity contribution is -0.0533. The zero-order valence-corrected chi connectivity index (χ0v) is 16.3. The maximum atomic E-state index is 11.9. The number of nitrogens with one attached hydrogen (secondary N) is 2. The van der Waals surface area contributed by atoms with Gasteiger partial charge in [-0.2, -0.15) is 4.98 Å². The van der Waals surface area contributed by atoms with Crippen LogP contribution in [0, 0.1) is 0 Å². The molecule has 0 unspecified atom stereocenters. The van der Waals surface area contributed by atoms with Crippen molar-refractivity contribution in [2.24, 2.45) is 0 Å². The van der Waals surface area contributed by atoms with Crippen LogP contribution in [-0.2, 0) is 15.9 Å². The first-order valence-electron chi connectivity index (χ1n) is 9.62. The van der Waals surface area contributed by atoms with Gasteiger partial charge in [0.05, 0.1) is 6.33 Å². The molecule has 6 N–H and O–H groups in total. The van der Waals surface area contributed by atoms with Gasteiger partial charge in [0.25, 0.3) is 5.56 Å². The summed E-state index contributed by atoms with van der Waals surface area (Å²) in [6, 6.07) is 9.64. The molecule has 164 valence electrons. The van der Waals surface area contributed by atoms with Gasteiger partial charge in [0, 0.05) is 6.54 Å². The van der Waals surface area contributed by atoms with Crippen molar-refractivity contribution in [3.63, 3.8) is 0 Å². The van der Waals surface area contributed by atoms with Gasteiger partial charge >= 0.3 is 6.09 Å². The predicted molar refractivity (Wildman–Crippen MR) is 108 cm³/mol. The number of ether oxygens (including phenoxy) is 2. The third kappa shape index (κ3) is 4.35. The lowest BCUT2D eigenvalue weighted by Crippen LogP contribution is -2.36. The SMILES string of the molecule is Nc1nc2c(ncn2[C@@H]2O[C@H](COC(=O)NCCc3ccccc3)[C@@H](O)[C@H]2O)c(=O)[nH]1. The lowest BCUT2D eigenvalue weighted by Gasteiger charge is -2.16. The number of hydrogen-bond acceptors (Lipinski definition) is 9. The van der Waals surface area contributed by atoms with Crippen molar-refractivity contribution in [1.82, 2.24) is 24.8 Å². The molecular weight excluding hydrogens is 408 g/mol. The number of nitrogen functional groups attached to an aromatic ring is 1. The van der Waals surface area contributed by atoms with Crippen LogP contribution in [-0.4, -0.2) is 67.3 Å². The Bertz CT molecular complexity index is 1120. The molecule has 4 atom stereocenters. The molecule has 3 heterocycles. The summed E-state index contributed by atoms with van der Waals surface area (Å²) >= 11 is 0. The van der Waals surface area contributed by atoms with Crippen LogP contribution in [0.3, 0.4) is 0 Å². The van der Waals surface area contributed by atoms with Crippen LogP contribution in [0.15, 0.2) is 41.5 Å². The summed E-state index contributed by atoms with van der Waals surface area (Å²) in [4.78, 5) is 34.1. The molecule has 1 aliphatic heterocycles. The number of nitrogens with zero attached hydrogens (tertiary/aromatic N) is 3. The van der Waals surface area contributed by atoms with Crippen LogP contribution >= 0.6 is 0 Å². The fraction of sp³-hybridized carbons (Fsp3) is 0.368. The van der Waals surface area contributed by atoms with Gasteiger partial charge in [0.15, 0.2) is 17.4 Å². The Morgan fingerprint density at radius 3 is 2.84 bits per heavy atom. The van der Waals surface area contributed by atoms with Gasteiger partial charge in [-0.3, -0.25) is 14.3 Å². The van der Waals surface area contributed by atoms with E-state index in [0.29, 0.717) is 13.0 Å². The second-order valence-corrected chi connectivity index (χ2v) is 7.08. The molecular formula is C19H22N6O6. The molecule has 1 saturated heterocycles. The highest BCUT2D eigenvalue weighted by Gasteiger charge is 2.45. The van der Waals surface area contributed by atoms with Crippen molar-refractivity contribution in [3.05, 3.63) is 52.6 Å². The summed E-state index contributed by atoms with van der Waals surface area (Å²) in [6.45, 7) is 0.0967. The van der Waals surface area contributed by atoms with Crippen molar-refractivity contribution in [2.45, 2.75) is 31.0 Å². The highest BCUT2D eigenvalue weighted by molar-refractivity contribution is 5.70. The molecule has 4 rings (SSSR count). The Morgan fingerprint density at radius 1 is 1.29 bits per heavy atom. The van der Waals surface area contributed by atoms with E-state index in [-0.39, 0.29) is 23.7 Å². The molecule has 0 saturated carbocycles. The van der Waals surface area contributed by atoms with Gasteiger partial charge in [-0.05, 0) is 12.0 Å². The summed E-state index contributed by atoms with van der Waals surface area (Å²) in [7, 11) is 0. The Balaban J connectivity index is 1.35. The van der Waals surface area contributed by atoms with E-state index in [1.165, 1.54) is 10.9 Å². The number of H-pyrrole nitrogens is 1. The molecule has 2 aromatic heterocycles. The van der Waals surface area contributed by atoms with Gasteiger partial charge in [-0.15, -0.1) is 0 Å². The fourth-order valence-corrected chi connectivity index (χ4v) is 3.39. The minimum atomic E-state index is -1.37. The summed E-state index contributed by atoms with van der Waals surface area (Å²) in [5.41, 5.74) is 6.21. The third-order valence-corrected chi connectivity index (χ3v) is 4.97. The van der Waals surface area contributed by atoms with E-state index in [9.17, 15) is 19.8 Å². The number of aromatic nitrogens is 4. The number of aliphatic hydroxyl groups is 2. The molecule has 0 spiro atoms. The number of rotatable bonds is 6. The van der Waals surface area contributed by atoms with Gasteiger partial charge in [-0.25, -0.2) is 9.78 Å². The Kier molecular flexibility index (Phi) is 5.84. The fourth-order valence-electron chi connectivity index (χ4n) is 3.39. The highest BCUT2D eigenvalue weighted by Crippen LogP contribution is 2.31. The largest absolute Gasteiger partial charge is 0.447 e. The Labute approximate surface area is 175 Å². The van der Waals surface area contributed by atoms with Crippen LogP contribution in [0.4, 0.5) is 10.7 Å². The predicted octanol–water partition coefficient (Wildman–Crippen LogP) is -0.710.